The lowest BCUT2D eigenvalue weighted by atomic mass is 10.0. The standard InChI is InChI=1S/C16H20ClNO/c1-3-14(12-7-9-13(17)10-8-12)18-15(4-2)16-6-5-11-19-16/h5-11,14-15,18H,3-4H2,1-2H3. The van der Waals surface area contributed by atoms with Gasteiger partial charge in [0.15, 0.2) is 0 Å². The van der Waals surface area contributed by atoms with Crippen LogP contribution in [0.2, 0.25) is 5.02 Å². The molecule has 0 radical (unpaired) electrons. The number of hydrogen-bond acceptors (Lipinski definition) is 2. The Balaban J connectivity index is 2.11. The highest BCUT2D eigenvalue weighted by molar-refractivity contribution is 6.30. The van der Waals surface area contributed by atoms with Gasteiger partial charge in [-0.3, -0.25) is 0 Å². The van der Waals surface area contributed by atoms with Crippen LogP contribution >= 0.6 is 11.6 Å². The molecule has 0 fully saturated rings. The molecule has 0 saturated carbocycles. The van der Waals surface area contributed by atoms with Crippen molar-refractivity contribution < 1.29 is 4.42 Å². The highest BCUT2D eigenvalue weighted by atomic mass is 35.5. The van der Waals surface area contributed by atoms with E-state index in [0.717, 1.165) is 23.6 Å². The molecule has 102 valence electrons. The van der Waals surface area contributed by atoms with E-state index in [-0.39, 0.29) is 6.04 Å². The fourth-order valence-corrected chi connectivity index (χ4v) is 2.40. The van der Waals surface area contributed by atoms with Crippen LogP contribution in [0, 0.1) is 0 Å². The van der Waals surface area contributed by atoms with Gasteiger partial charge in [-0.1, -0.05) is 37.6 Å². The van der Waals surface area contributed by atoms with Crippen molar-refractivity contribution in [3.8, 4) is 0 Å². The van der Waals surface area contributed by atoms with Gasteiger partial charge in [-0.2, -0.15) is 0 Å². The summed E-state index contributed by atoms with van der Waals surface area (Å²) in [5.74, 6) is 0.995. The highest BCUT2D eigenvalue weighted by Gasteiger charge is 2.17. The van der Waals surface area contributed by atoms with Crippen molar-refractivity contribution in [3.63, 3.8) is 0 Å². The first kappa shape index (κ1) is 14.2. The van der Waals surface area contributed by atoms with Crippen LogP contribution in [0.25, 0.3) is 0 Å². The minimum atomic E-state index is 0.246. The second kappa shape index (κ2) is 6.78. The van der Waals surface area contributed by atoms with E-state index in [1.54, 1.807) is 6.26 Å². The third kappa shape index (κ3) is 3.62. The van der Waals surface area contributed by atoms with E-state index in [0.29, 0.717) is 6.04 Å². The molecule has 0 aliphatic rings. The molecular formula is C16H20ClNO. The molecule has 2 nitrogen and oxygen atoms in total. The third-order valence-corrected chi connectivity index (χ3v) is 3.63. The molecule has 1 N–H and O–H groups in total. The second-order valence-electron chi connectivity index (χ2n) is 4.66. The van der Waals surface area contributed by atoms with Crippen LogP contribution in [0.15, 0.2) is 47.1 Å². The minimum absolute atomic E-state index is 0.246. The zero-order valence-corrected chi connectivity index (χ0v) is 12.2. The maximum absolute atomic E-state index is 5.94. The van der Waals surface area contributed by atoms with Gasteiger partial charge < -0.3 is 9.73 Å². The topological polar surface area (TPSA) is 25.2 Å². The van der Waals surface area contributed by atoms with Gasteiger partial charge in [-0.15, -0.1) is 0 Å². The van der Waals surface area contributed by atoms with Gasteiger partial charge in [0.25, 0.3) is 0 Å². The lowest BCUT2D eigenvalue weighted by molar-refractivity contribution is 0.362. The predicted octanol–water partition coefficient (Wildman–Crippen LogP) is 5.13. The number of hydrogen-bond donors (Lipinski definition) is 1. The number of nitrogens with one attached hydrogen (secondary N) is 1. The molecule has 2 atom stereocenters. The van der Waals surface area contributed by atoms with Crippen molar-refractivity contribution in [1.82, 2.24) is 5.32 Å². The van der Waals surface area contributed by atoms with E-state index in [2.05, 4.69) is 31.3 Å². The van der Waals surface area contributed by atoms with Crippen molar-refractivity contribution >= 4 is 11.6 Å². The number of rotatable bonds is 6. The van der Waals surface area contributed by atoms with Gasteiger partial charge in [0.2, 0.25) is 0 Å². The van der Waals surface area contributed by atoms with Crippen molar-refractivity contribution in [3.05, 3.63) is 59.0 Å². The summed E-state index contributed by atoms with van der Waals surface area (Å²) in [6, 6.07) is 12.6. The molecule has 3 heteroatoms. The summed E-state index contributed by atoms with van der Waals surface area (Å²) >= 11 is 5.94. The molecule has 1 heterocycles. The van der Waals surface area contributed by atoms with Gasteiger partial charge in [-0.05, 0) is 42.7 Å². The molecule has 0 aliphatic carbocycles. The highest BCUT2D eigenvalue weighted by Crippen LogP contribution is 2.25. The molecule has 1 aromatic carbocycles. The summed E-state index contributed by atoms with van der Waals surface area (Å²) in [5, 5.41) is 4.43. The Hall–Kier alpha value is -1.25. The van der Waals surface area contributed by atoms with Crippen molar-refractivity contribution in [2.24, 2.45) is 0 Å². The molecule has 0 aliphatic heterocycles. The average molecular weight is 278 g/mol. The van der Waals surface area contributed by atoms with Crippen molar-refractivity contribution in [1.29, 1.82) is 0 Å². The monoisotopic (exact) mass is 277 g/mol. The second-order valence-corrected chi connectivity index (χ2v) is 5.09. The quantitative estimate of drug-likeness (QED) is 0.792. The van der Waals surface area contributed by atoms with Crippen LogP contribution in [-0.2, 0) is 0 Å². The largest absolute Gasteiger partial charge is 0.468 e. The first-order valence-electron chi connectivity index (χ1n) is 6.79. The normalized spacial score (nSPS) is 14.3. The SMILES string of the molecule is CCC(NC(CC)c1ccco1)c1ccc(Cl)cc1. The van der Waals surface area contributed by atoms with Crippen molar-refractivity contribution in [2.75, 3.05) is 0 Å². The maximum atomic E-state index is 5.94. The van der Waals surface area contributed by atoms with E-state index in [4.69, 9.17) is 16.0 Å². The maximum Gasteiger partial charge on any atom is 0.120 e. The van der Waals surface area contributed by atoms with Gasteiger partial charge in [0, 0.05) is 11.1 Å². The van der Waals surface area contributed by atoms with E-state index in [1.165, 1.54) is 5.56 Å². The lowest BCUT2D eigenvalue weighted by Gasteiger charge is -2.23. The zero-order valence-electron chi connectivity index (χ0n) is 11.4. The van der Waals surface area contributed by atoms with E-state index < -0.39 is 0 Å². The van der Waals surface area contributed by atoms with Crippen LogP contribution in [-0.4, -0.2) is 0 Å². The van der Waals surface area contributed by atoms with Crippen LogP contribution < -0.4 is 5.32 Å². The van der Waals surface area contributed by atoms with Gasteiger partial charge in [0.1, 0.15) is 5.76 Å². The molecule has 0 bridgehead atoms. The van der Waals surface area contributed by atoms with Gasteiger partial charge in [0.05, 0.1) is 12.3 Å². The van der Waals surface area contributed by atoms with E-state index in [1.807, 2.05) is 24.3 Å². The van der Waals surface area contributed by atoms with E-state index in [9.17, 15) is 0 Å². The summed E-state index contributed by atoms with van der Waals surface area (Å²) in [6.45, 7) is 4.34. The summed E-state index contributed by atoms with van der Waals surface area (Å²) in [6.07, 6.45) is 3.75. The Bertz CT molecular complexity index is 478. The molecule has 0 saturated heterocycles. The molecular weight excluding hydrogens is 258 g/mol. The first-order valence-corrected chi connectivity index (χ1v) is 7.17. The lowest BCUT2D eigenvalue weighted by Crippen LogP contribution is -2.25. The minimum Gasteiger partial charge on any atom is -0.468 e. The Morgan fingerprint density at radius 2 is 1.74 bits per heavy atom. The summed E-state index contributed by atoms with van der Waals surface area (Å²) in [4.78, 5) is 0. The van der Waals surface area contributed by atoms with Gasteiger partial charge in [-0.25, -0.2) is 0 Å². The van der Waals surface area contributed by atoms with Crippen molar-refractivity contribution in [2.45, 2.75) is 38.8 Å². The zero-order chi connectivity index (χ0) is 13.7. The van der Waals surface area contributed by atoms with E-state index >= 15 is 0 Å². The Kier molecular flexibility index (Phi) is 5.06. The Labute approximate surface area is 119 Å². The van der Waals surface area contributed by atoms with Crippen LogP contribution in [0.5, 0.6) is 0 Å². The molecule has 19 heavy (non-hydrogen) atoms. The fraction of sp³-hybridized carbons (Fsp3) is 0.375. The molecule has 2 unspecified atom stereocenters. The van der Waals surface area contributed by atoms with Crippen LogP contribution in [0.1, 0.15) is 50.1 Å². The third-order valence-electron chi connectivity index (χ3n) is 3.38. The predicted molar refractivity (Wildman–Crippen MR) is 79.4 cm³/mol. The Morgan fingerprint density at radius 1 is 1.05 bits per heavy atom. The summed E-state index contributed by atoms with van der Waals surface area (Å²) in [5.41, 5.74) is 1.26. The smallest absolute Gasteiger partial charge is 0.120 e. The number of halogens is 1. The summed E-state index contributed by atoms with van der Waals surface area (Å²) < 4.78 is 5.50. The first-order chi connectivity index (χ1) is 9.24. The number of furan rings is 1. The summed E-state index contributed by atoms with van der Waals surface area (Å²) in [7, 11) is 0. The average Bonchev–Trinajstić information content (AvgIpc) is 2.95. The molecule has 0 amide bonds. The number of benzene rings is 1. The molecule has 2 aromatic rings. The molecule has 0 spiro atoms. The van der Waals surface area contributed by atoms with Gasteiger partial charge >= 0.3 is 0 Å². The molecule has 1 aromatic heterocycles. The van der Waals surface area contributed by atoms with Crippen LogP contribution in [0.4, 0.5) is 0 Å². The fourth-order valence-electron chi connectivity index (χ4n) is 2.28. The Morgan fingerprint density at radius 3 is 2.26 bits per heavy atom. The molecule has 2 rings (SSSR count). The van der Waals surface area contributed by atoms with Crippen LogP contribution in [0.3, 0.4) is 0 Å².